The second kappa shape index (κ2) is 13.7. The number of fused-ring (bicyclic) bond motifs is 5. The van der Waals surface area contributed by atoms with Gasteiger partial charge in [0, 0.05) is 33.6 Å². The molecule has 0 aromatic heterocycles. The molecule has 4 aliphatic rings. The number of nitrogens with zero attached hydrogens (tertiary/aromatic N) is 2. The second-order valence-electron chi connectivity index (χ2n) is 15.0. The second-order valence-corrected chi connectivity index (χ2v) is 15.0. The van der Waals surface area contributed by atoms with Gasteiger partial charge in [-0.25, -0.2) is 4.79 Å². The van der Waals surface area contributed by atoms with Gasteiger partial charge in [-0.15, -0.1) is 0 Å². The Kier molecular flexibility index (Phi) is 10.7. The lowest BCUT2D eigenvalue weighted by Gasteiger charge is -2.58. The minimum Gasteiger partial charge on any atom is -0.446 e. The number of rotatable bonds is 11. The lowest BCUT2D eigenvalue weighted by Crippen LogP contribution is -2.50. The summed E-state index contributed by atoms with van der Waals surface area (Å²) in [5.41, 5.74) is 2.29. The third-order valence-electron chi connectivity index (χ3n) is 12.2. The lowest BCUT2D eigenvalue weighted by molar-refractivity contribution is -0.129. The first-order valence-electron chi connectivity index (χ1n) is 16.8. The topological polar surface area (TPSA) is 80.5 Å². The van der Waals surface area contributed by atoms with Gasteiger partial charge >= 0.3 is 12.1 Å². The Morgan fingerprint density at radius 2 is 1.76 bits per heavy atom. The summed E-state index contributed by atoms with van der Waals surface area (Å²) in [6.45, 7) is 10.6. The van der Waals surface area contributed by atoms with Gasteiger partial charge in [-0.05, 0) is 91.8 Å². The van der Waals surface area contributed by atoms with E-state index in [-0.39, 0.29) is 35.9 Å². The molecule has 2 amide bonds. The van der Waals surface area contributed by atoms with Crippen LogP contribution in [-0.4, -0.2) is 73.0 Å². The van der Waals surface area contributed by atoms with Gasteiger partial charge in [0.15, 0.2) is 13.5 Å². The van der Waals surface area contributed by atoms with Crippen molar-refractivity contribution in [1.29, 1.82) is 0 Å². The molecule has 7 atom stereocenters. The molecule has 0 radical (unpaired) electrons. The molecule has 7 heteroatoms. The number of likely N-dealkylation sites (N-methyl/N-ethyl adjacent to an activating group) is 2. The fraction of sp³-hybridized carbons (Fsp3) is 0.857. The largest absolute Gasteiger partial charge is 0.492 e. The molecule has 4 rings (SSSR count). The van der Waals surface area contributed by atoms with Gasteiger partial charge in [-0.3, -0.25) is 4.79 Å². The molecule has 238 valence electrons. The van der Waals surface area contributed by atoms with E-state index in [0.29, 0.717) is 18.5 Å². The normalized spacial score (nSPS) is 33.6. The van der Waals surface area contributed by atoms with E-state index >= 15 is 0 Å². The Balaban J connectivity index is 1.29. The number of carbonyl (C=O) groups is 2. The van der Waals surface area contributed by atoms with E-state index in [4.69, 9.17) is 4.74 Å². The van der Waals surface area contributed by atoms with Gasteiger partial charge in [0.1, 0.15) is 6.10 Å². The zero-order valence-electron chi connectivity index (χ0n) is 27.6. The highest BCUT2D eigenvalue weighted by atomic mass is 16.6. The number of unbranched alkanes of at least 4 members (excludes halogenated alkanes) is 1. The molecule has 0 aromatic carbocycles. The molecule has 3 saturated carbocycles. The number of hydrogen-bond acceptors (Lipinski definition) is 4. The maximum Gasteiger partial charge on any atom is 0.492 e. The van der Waals surface area contributed by atoms with Crippen molar-refractivity contribution in [1.82, 2.24) is 9.80 Å². The van der Waals surface area contributed by atoms with Crippen molar-refractivity contribution < 1.29 is 23.9 Å². The highest BCUT2D eigenvalue weighted by Crippen LogP contribution is 2.66. The molecule has 0 spiro atoms. The van der Waals surface area contributed by atoms with Crippen molar-refractivity contribution in [3.63, 3.8) is 0 Å². The van der Waals surface area contributed by atoms with Crippen LogP contribution >= 0.6 is 0 Å². The number of amides is 2. The third-order valence-corrected chi connectivity index (χ3v) is 12.2. The third kappa shape index (κ3) is 7.01. The van der Waals surface area contributed by atoms with Gasteiger partial charge in [-0.2, -0.15) is 0 Å². The summed E-state index contributed by atoms with van der Waals surface area (Å²) in [5, 5.41) is 0. The Bertz CT molecular complexity index is 1010. The summed E-state index contributed by atoms with van der Waals surface area (Å²) < 4.78 is 10.7. The summed E-state index contributed by atoms with van der Waals surface area (Å²) in [6.07, 6.45) is 17.2. The van der Waals surface area contributed by atoms with Crippen molar-refractivity contribution in [2.75, 3.05) is 34.3 Å². The van der Waals surface area contributed by atoms with Crippen LogP contribution in [0.3, 0.4) is 0 Å². The summed E-state index contributed by atoms with van der Waals surface area (Å²) in [6, 6.07) is 0. The number of carbonyl (C=O) groups excluding carboxylic acids is 3. The van der Waals surface area contributed by atoms with Gasteiger partial charge in [0.25, 0.3) is 0 Å². The number of allylic oxidation sites excluding steroid dienone is 1. The van der Waals surface area contributed by atoms with Crippen LogP contribution in [0.5, 0.6) is 0 Å². The molecule has 0 aromatic rings. The van der Waals surface area contributed by atoms with Crippen LogP contribution < -0.4 is 0 Å². The van der Waals surface area contributed by atoms with Crippen LogP contribution in [0.4, 0.5) is 4.79 Å². The van der Waals surface area contributed by atoms with Crippen molar-refractivity contribution in [2.45, 2.75) is 117 Å². The highest BCUT2D eigenvalue weighted by Gasteiger charge is 2.58. The molecule has 0 bridgehead atoms. The van der Waals surface area contributed by atoms with Crippen molar-refractivity contribution in [3.8, 4) is 0 Å². The molecular formula is C35H59N2O5+. The van der Waals surface area contributed by atoms with E-state index in [2.05, 4.69) is 38.5 Å². The number of hydrogen-bond donors (Lipinski definition) is 0. The van der Waals surface area contributed by atoms with Crippen molar-refractivity contribution in [2.24, 2.45) is 40.4 Å². The fourth-order valence-corrected chi connectivity index (χ4v) is 9.34. The molecular weight excluding hydrogens is 528 g/mol. The smallest absolute Gasteiger partial charge is 0.446 e. The Labute approximate surface area is 255 Å². The summed E-state index contributed by atoms with van der Waals surface area (Å²) in [5.74, 6) is 3.60. The van der Waals surface area contributed by atoms with E-state index in [1.807, 2.05) is 0 Å². The quantitative estimate of drug-likeness (QED) is 0.0841. The van der Waals surface area contributed by atoms with Crippen molar-refractivity contribution >= 4 is 18.0 Å². The van der Waals surface area contributed by atoms with Crippen LogP contribution in [0.1, 0.15) is 111 Å². The Hall–Kier alpha value is -2.05. The standard InChI is InChI=1S/C35H58N2O5/c1-24(2)10-8-9-11-25-13-15-29-28-14-12-26-22-27(16-18-35(26,4)30(28)17-19-34(25,29)3)42-33(40)37(6)21-20-36(5)31(38)23-32(39)41-7/h12,24-25,27-30H,8-11,13-23H2,1-7H3/p+1/t25-,27-,28-,29-,30-,34+,35-/m0/s1. The minimum atomic E-state index is -0.330. The molecule has 42 heavy (non-hydrogen) atoms. The number of methoxy groups -OCH3 is 1. The Morgan fingerprint density at radius 3 is 2.48 bits per heavy atom. The SMILES string of the molecule is COC(=[OH+])CC(=O)N(C)CCN(C)C(=O)O[C@H]1CC[C@@]2(C)C(=CC[C@H]3[C@@H]4CC[C@H](CCCCC(C)C)[C@@]4(C)CC[C@@H]32)C1. The van der Waals surface area contributed by atoms with E-state index in [0.717, 1.165) is 48.9 Å². The molecule has 4 aliphatic carbocycles. The number of esters is 1. The van der Waals surface area contributed by atoms with Gasteiger partial charge in [0.2, 0.25) is 5.91 Å². The first-order chi connectivity index (χ1) is 19.9. The van der Waals surface area contributed by atoms with Crippen molar-refractivity contribution in [3.05, 3.63) is 11.6 Å². The average molecular weight is 588 g/mol. The first-order valence-corrected chi connectivity index (χ1v) is 16.8. The molecule has 3 fully saturated rings. The molecule has 0 heterocycles. The summed E-state index contributed by atoms with van der Waals surface area (Å²) >= 11 is 0. The van der Waals surface area contributed by atoms with Gasteiger partial charge < -0.3 is 24.1 Å². The van der Waals surface area contributed by atoms with Gasteiger partial charge in [-0.1, -0.05) is 58.6 Å². The lowest BCUT2D eigenvalue weighted by atomic mass is 9.47. The molecule has 7 nitrogen and oxygen atoms in total. The zero-order valence-corrected chi connectivity index (χ0v) is 27.6. The molecule has 0 aliphatic heterocycles. The zero-order chi connectivity index (χ0) is 30.7. The van der Waals surface area contributed by atoms with Crippen LogP contribution in [0.15, 0.2) is 11.6 Å². The van der Waals surface area contributed by atoms with E-state index in [1.165, 1.54) is 75.4 Å². The maximum atomic E-state index is 12.9. The Morgan fingerprint density at radius 1 is 1.02 bits per heavy atom. The number of ether oxygens (including phenoxy) is 2. The van der Waals surface area contributed by atoms with Crippen LogP contribution in [-0.2, 0) is 14.3 Å². The summed E-state index contributed by atoms with van der Waals surface area (Å²) in [7, 11) is 4.70. The maximum absolute atomic E-state index is 12.9. The minimum absolute atomic E-state index is 0.0843. The van der Waals surface area contributed by atoms with E-state index in [9.17, 15) is 14.4 Å². The van der Waals surface area contributed by atoms with Gasteiger partial charge in [0.05, 0.1) is 0 Å². The van der Waals surface area contributed by atoms with E-state index < -0.39 is 0 Å². The first kappa shape index (κ1) is 32.9. The fourth-order valence-electron chi connectivity index (χ4n) is 9.34. The van der Waals surface area contributed by atoms with Crippen LogP contribution in [0, 0.1) is 40.4 Å². The molecule has 0 unspecified atom stereocenters. The predicted molar refractivity (Wildman–Crippen MR) is 168 cm³/mol. The van der Waals surface area contributed by atoms with Crippen LogP contribution in [0.25, 0.3) is 0 Å². The molecule has 0 saturated heterocycles. The average Bonchev–Trinajstić information content (AvgIpc) is 3.29. The summed E-state index contributed by atoms with van der Waals surface area (Å²) in [4.78, 5) is 37.6. The van der Waals surface area contributed by atoms with E-state index in [1.54, 1.807) is 19.0 Å². The monoisotopic (exact) mass is 587 g/mol. The molecule has 1 N–H and O–H groups in total. The predicted octanol–water partition coefficient (Wildman–Crippen LogP) is 7.22. The highest BCUT2D eigenvalue weighted by molar-refractivity contribution is 5.94. The van der Waals surface area contributed by atoms with Crippen LogP contribution in [0.2, 0.25) is 0 Å².